The maximum absolute atomic E-state index is 11.8. The molecule has 5 heteroatoms. The Morgan fingerprint density at radius 2 is 1.85 bits per heavy atom. The fourth-order valence-corrected chi connectivity index (χ4v) is 1.84. The van der Waals surface area contributed by atoms with Gasteiger partial charge in [-0.2, -0.15) is 0 Å². The smallest absolute Gasteiger partial charge is 0.222 e. The summed E-state index contributed by atoms with van der Waals surface area (Å²) in [5.74, 6) is 0.224. The molecule has 2 unspecified atom stereocenters. The van der Waals surface area contributed by atoms with Gasteiger partial charge in [-0.15, -0.1) is 0 Å². The zero-order valence-corrected chi connectivity index (χ0v) is 13.3. The average Bonchev–Trinajstić information content (AvgIpc) is 2.41. The number of methoxy groups -OCH3 is 1. The van der Waals surface area contributed by atoms with E-state index < -0.39 is 0 Å². The summed E-state index contributed by atoms with van der Waals surface area (Å²) < 4.78 is 10.2. The van der Waals surface area contributed by atoms with E-state index in [-0.39, 0.29) is 17.9 Å². The average molecular weight is 288 g/mol. The number of nitrogens with two attached hydrogens (primary N) is 1. The van der Waals surface area contributed by atoms with Crippen molar-refractivity contribution in [2.45, 2.75) is 52.0 Å². The van der Waals surface area contributed by atoms with Gasteiger partial charge in [-0.3, -0.25) is 4.79 Å². The van der Waals surface area contributed by atoms with Crippen LogP contribution in [0.2, 0.25) is 0 Å². The summed E-state index contributed by atoms with van der Waals surface area (Å²) in [5, 5.41) is 2.97. The maximum Gasteiger partial charge on any atom is 0.222 e. The summed E-state index contributed by atoms with van der Waals surface area (Å²) in [6.45, 7) is 6.70. The van der Waals surface area contributed by atoms with Crippen LogP contribution in [0.5, 0.6) is 0 Å². The molecule has 3 N–H and O–H groups in total. The van der Waals surface area contributed by atoms with Gasteiger partial charge in [-0.25, -0.2) is 0 Å². The first-order chi connectivity index (χ1) is 9.57. The summed E-state index contributed by atoms with van der Waals surface area (Å²) in [4.78, 5) is 11.8. The number of ether oxygens (including phenoxy) is 2. The van der Waals surface area contributed by atoms with E-state index in [0.29, 0.717) is 13.2 Å². The molecule has 2 atom stereocenters. The zero-order valence-electron chi connectivity index (χ0n) is 13.3. The Balaban J connectivity index is 3.38. The minimum atomic E-state index is 0.0757. The highest BCUT2D eigenvalue weighted by Gasteiger charge is 2.11. The van der Waals surface area contributed by atoms with E-state index in [2.05, 4.69) is 5.32 Å². The van der Waals surface area contributed by atoms with Crippen molar-refractivity contribution in [3.63, 3.8) is 0 Å². The van der Waals surface area contributed by atoms with E-state index in [1.54, 1.807) is 7.11 Å². The third-order valence-corrected chi connectivity index (χ3v) is 3.19. The van der Waals surface area contributed by atoms with Crippen molar-refractivity contribution in [1.82, 2.24) is 5.32 Å². The molecule has 20 heavy (non-hydrogen) atoms. The Morgan fingerprint density at radius 1 is 1.10 bits per heavy atom. The van der Waals surface area contributed by atoms with Crippen molar-refractivity contribution >= 4 is 5.91 Å². The largest absolute Gasteiger partial charge is 0.382 e. The van der Waals surface area contributed by atoms with E-state index in [0.717, 1.165) is 45.3 Å². The van der Waals surface area contributed by atoms with Crippen LogP contribution in [0.15, 0.2) is 0 Å². The van der Waals surface area contributed by atoms with Crippen LogP contribution in [-0.4, -0.2) is 45.4 Å². The van der Waals surface area contributed by atoms with E-state index in [9.17, 15) is 4.79 Å². The highest BCUT2D eigenvalue weighted by Crippen LogP contribution is 2.09. The standard InChI is InChI=1S/C15H32N2O3/c1-13(7-6-8-14(2)16)15(18)17-9-4-5-10-20-12-11-19-3/h13-14H,4-12,16H2,1-3H3,(H,17,18). The number of amides is 1. The molecule has 0 heterocycles. The van der Waals surface area contributed by atoms with Crippen LogP contribution in [0, 0.1) is 5.92 Å². The molecule has 0 aliphatic carbocycles. The van der Waals surface area contributed by atoms with E-state index in [1.165, 1.54) is 0 Å². The fraction of sp³-hybridized carbons (Fsp3) is 0.933. The predicted octanol–water partition coefficient (Wildman–Crippen LogP) is 1.70. The number of nitrogens with one attached hydrogen (secondary N) is 1. The van der Waals surface area contributed by atoms with Crippen molar-refractivity contribution in [2.75, 3.05) is 33.5 Å². The molecule has 5 nitrogen and oxygen atoms in total. The van der Waals surface area contributed by atoms with Crippen molar-refractivity contribution in [1.29, 1.82) is 0 Å². The monoisotopic (exact) mass is 288 g/mol. The lowest BCUT2D eigenvalue weighted by Gasteiger charge is -2.13. The number of hydrogen-bond donors (Lipinski definition) is 2. The number of rotatable bonds is 13. The molecule has 0 aromatic heterocycles. The zero-order chi connectivity index (χ0) is 15.2. The predicted molar refractivity (Wildman–Crippen MR) is 81.6 cm³/mol. The third kappa shape index (κ3) is 12.4. The molecule has 0 aliphatic rings. The van der Waals surface area contributed by atoms with Crippen molar-refractivity contribution in [3.05, 3.63) is 0 Å². The van der Waals surface area contributed by atoms with E-state index in [4.69, 9.17) is 15.2 Å². The van der Waals surface area contributed by atoms with Gasteiger partial charge in [-0.1, -0.05) is 13.3 Å². The molecule has 0 aromatic carbocycles. The minimum absolute atomic E-state index is 0.0757. The van der Waals surface area contributed by atoms with Crippen LogP contribution in [-0.2, 0) is 14.3 Å². The van der Waals surface area contributed by atoms with Crippen molar-refractivity contribution in [2.24, 2.45) is 11.7 Å². The van der Waals surface area contributed by atoms with Crippen molar-refractivity contribution < 1.29 is 14.3 Å². The molecule has 0 saturated heterocycles. The lowest BCUT2D eigenvalue weighted by atomic mass is 10.0. The molecular weight excluding hydrogens is 256 g/mol. The van der Waals surface area contributed by atoms with Gasteiger partial charge in [0.05, 0.1) is 13.2 Å². The normalized spacial score (nSPS) is 14.0. The van der Waals surface area contributed by atoms with Gasteiger partial charge in [0, 0.05) is 32.2 Å². The van der Waals surface area contributed by atoms with Crippen LogP contribution in [0.4, 0.5) is 0 Å². The SMILES string of the molecule is COCCOCCCCNC(=O)C(C)CCCC(C)N. The van der Waals surface area contributed by atoms with E-state index >= 15 is 0 Å². The van der Waals surface area contributed by atoms with Crippen molar-refractivity contribution in [3.8, 4) is 0 Å². The van der Waals surface area contributed by atoms with Gasteiger partial charge in [0.1, 0.15) is 0 Å². The minimum Gasteiger partial charge on any atom is -0.382 e. The quantitative estimate of drug-likeness (QED) is 0.506. The van der Waals surface area contributed by atoms with Crippen LogP contribution >= 0.6 is 0 Å². The summed E-state index contributed by atoms with van der Waals surface area (Å²) in [6.07, 6.45) is 4.82. The van der Waals surface area contributed by atoms with E-state index in [1.807, 2.05) is 13.8 Å². The maximum atomic E-state index is 11.8. The first kappa shape index (κ1) is 19.4. The van der Waals surface area contributed by atoms with Gasteiger partial charge in [0.25, 0.3) is 0 Å². The molecule has 0 rings (SSSR count). The van der Waals surface area contributed by atoms with Gasteiger partial charge in [-0.05, 0) is 32.6 Å². The highest BCUT2D eigenvalue weighted by atomic mass is 16.5. The van der Waals surface area contributed by atoms with Crippen LogP contribution in [0.1, 0.15) is 46.0 Å². The Bertz CT molecular complexity index is 235. The molecule has 1 amide bonds. The second-order valence-corrected chi connectivity index (χ2v) is 5.41. The summed E-state index contributed by atoms with van der Waals surface area (Å²) in [6, 6.07) is 0.225. The van der Waals surface area contributed by atoms with Crippen LogP contribution in [0.25, 0.3) is 0 Å². The molecule has 0 radical (unpaired) electrons. The number of unbranched alkanes of at least 4 members (excludes halogenated alkanes) is 1. The third-order valence-electron chi connectivity index (χ3n) is 3.19. The number of carbonyl (C=O) groups excluding carboxylic acids is 1. The van der Waals surface area contributed by atoms with Gasteiger partial charge in [0.2, 0.25) is 5.91 Å². The lowest BCUT2D eigenvalue weighted by Crippen LogP contribution is -2.30. The number of carbonyl (C=O) groups is 1. The second-order valence-electron chi connectivity index (χ2n) is 5.41. The van der Waals surface area contributed by atoms with Crippen LogP contribution < -0.4 is 11.1 Å². The van der Waals surface area contributed by atoms with Gasteiger partial charge < -0.3 is 20.5 Å². The Kier molecular flexibility index (Phi) is 12.9. The summed E-state index contributed by atoms with van der Waals surface area (Å²) in [5.41, 5.74) is 5.69. The summed E-state index contributed by atoms with van der Waals surface area (Å²) in [7, 11) is 1.66. The topological polar surface area (TPSA) is 73.6 Å². The fourth-order valence-electron chi connectivity index (χ4n) is 1.84. The number of hydrogen-bond acceptors (Lipinski definition) is 4. The lowest BCUT2D eigenvalue weighted by molar-refractivity contribution is -0.124. The highest BCUT2D eigenvalue weighted by molar-refractivity contribution is 5.78. The molecular formula is C15H32N2O3. The molecule has 0 spiro atoms. The first-order valence-electron chi connectivity index (χ1n) is 7.68. The van der Waals surface area contributed by atoms with Gasteiger partial charge in [0.15, 0.2) is 0 Å². The first-order valence-corrected chi connectivity index (χ1v) is 7.68. The van der Waals surface area contributed by atoms with Crippen LogP contribution in [0.3, 0.4) is 0 Å². The Labute approximate surface area is 123 Å². The molecule has 120 valence electrons. The van der Waals surface area contributed by atoms with Gasteiger partial charge >= 0.3 is 0 Å². The Hall–Kier alpha value is -0.650. The molecule has 0 aliphatic heterocycles. The molecule has 0 bridgehead atoms. The molecule has 0 saturated carbocycles. The molecule has 0 aromatic rings. The Morgan fingerprint density at radius 3 is 2.50 bits per heavy atom. The second kappa shape index (κ2) is 13.3. The molecule has 0 fully saturated rings. The summed E-state index contributed by atoms with van der Waals surface area (Å²) >= 11 is 0.